The smallest absolute Gasteiger partial charge is 0.233 e. The van der Waals surface area contributed by atoms with Crippen LogP contribution in [0.4, 0.5) is 15.8 Å². The van der Waals surface area contributed by atoms with Crippen molar-refractivity contribution in [3.63, 3.8) is 0 Å². The highest BCUT2D eigenvalue weighted by Crippen LogP contribution is 2.26. The van der Waals surface area contributed by atoms with E-state index in [9.17, 15) is 12.8 Å². The van der Waals surface area contributed by atoms with E-state index in [4.69, 9.17) is 0 Å². The Hall–Kier alpha value is -2.08. The highest BCUT2D eigenvalue weighted by Gasteiger charge is 2.17. The zero-order valence-corrected chi connectivity index (χ0v) is 14.9. The molecule has 0 unspecified atom stereocenters. The van der Waals surface area contributed by atoms with E-state index in [0.717, 1.165) is 37.2 Å². The van der Waals surface area contributed by atoms with Gasteiger partial charge in [-0.15, -0.1) is 0 Å². The SMILES string of the molecule is O=S(=O)(CCc1ccccc1)Nc1cc(N2CCCCC2)ccc1F. The molecule has 0 aromatic heterocycles. The molecule has 1 heterocycles. The molecular weight excluding hydrogens is 339 g/mol. The number of piperidine rings is 1. The number of rotatable bonds is 6. The number of sulfonamides is 1. The number of aryl methyl sites for hydroxylation is 1. The molecule has 1 aliphatic heterocycles. The molecule has 0 amide bonds. The Morgan fingerprint density at radius 3 is 2.44 bits per heavy atom. The van der Waals surface area contributed by atoms with Crippen molar-refractivity contribution in [3.8, 4) is 0 Å². The second-order valence-corrected chi connectivity index (χ2v) is 8.21. The summed E-state index contributed by atoms with van der Waals surface area (Å²) in [6.45, 7) is 1.84. The van der Waals surface area contributed by atoms with Gasteiger partial charge in [-0.25, -0.2) is 12.8 Å². The van der Waals surface area contributed by atoms with Gasteiger partial charge in [0, 0.05) is 18.8 Å². The molecule has 134 valence electrons. The van der Waals surface area contributed by atoms with E-state index in [2.05, 4.69) is 9.62 Å². The van der Waals surface area contributed by atoms with E-state index in [1.54, 1.807) is 12.1 Å². The highest BCUT2D eigenvalue weighted by molar-refractivity contribution is 7.92. The summed E-state index contributed by atoms with van der Waals surface area (Å²) in [5.74, 6) is -0.631. The number of halogens is 1. The van der Waals surface area contributed by atoms with Crippen LogP contribution in [0.2, 0.25) is 0 Å². The summed E-state index contributed by atoms with van der Waals surface area (Å²) in [6, 6.07) is 14.0. The van der Waals surface area contributed by atoms with Crippen molar-refractivity contribution in [2.75, 3.05) is 28.5 Å². The molecule has 0 saturated carbocycles. The first-order chi connectivity index (χ1) is 12.0. The van der Waals surface area contributed by atoms with Crippen molar-refractivity contribution in [2.45, 2.75) is 25.7 Å². The molecule has 0 atom stereocenters. The van der Waals surface area contributed by atoms with E-state index >= 15 is 0 Å². The summed E-state index contributed by atoms with van der Waals surface area (Å²) in [7, 11) is -3.61. The number of hydrogen-bond donors (Lipinski definition) is 1. The summed E-state index contributed by atoms with van der Waals surface area (Å²) in [5.41, 5.74) is 1.83. The first kappa shape index (κ1) is 17.7. The summed E-state index contributed by atoms with van der Waals surface area (Å²) in [4.78, 5) is 2.17. The maximum atomic E-state index is 14.1. The molecule has 0 radical (unpaired) electrons. The maximum Gasteiger partial charge on any atom is 0.233 e. The van der Waals surface area contributed by atoms with Gasteiger partial charge in [-0.05, 0) is 49.4 Å². The van der Waals surface area contributed by atoms with Gasteiger partial charge in [0.05, 0.1) is 11.4 Å². The number of anilines is 2. The van der Waals surface area contributed by atoms with Crippen molar-refractivity contribution >= 4 is 21.4 Å². The molecule has 1 saturated heterocycles. The monoisotopic (exact) mass is 362 g/mol. The van der Waals surface area contributed by atoms with Gasteiger partial charge in [0.25, 0.3) is 0 Å². The van der Waals surface area contributed by atoms with Gasteiger partial charge in [-0.1, -0.05) is 30.3 Å². The van der Waals surface area contributed by atoms with E-state index in [0.29, 0.717) is 6.42 Å². The van der Waals surface area contributed by atoms with Crippen LogP contribution in [0.15, 0.2) is 48.5 Å². The molecule has 1 aliphatic rings. The molecule has 1 N–H and O–H groups in total. The number of nitrogens with zero attached hydrogens (tertiary/aromatic N) is 1. The fourth-order valence-corrected chi connectivity index (χ4v) is 4.15. The predicted molar refractivity (Wildman–Crippen MR) is 100 cm³/mol. The molecule has 2 aromatic carbocycles. The largest absolute Gasteiger partial charge is 0.371 e. The second-order valence-electron chi connectivity index (χ2n) is 6.37. The average molecular weight is 362 g/mol. The minimum absolute atomic E-state index is 0.0242. The average Bonchev–Trinajstić information content (AvgIpc) is 2.63. The Morgan fingerprint density at radius 2 is 1.72 bits per heavy atom. The van der Waals surface area contributed by atoms with Crippen LogP contribution in [0.1, 0.15) is 24.8 Å². The van der Waals surface area contributed by atoms with Crippen LogP contribution in [0.3, 0.4) is 0 Å². The number of nitrogens with one attached hydrogen (secondary N) is 1. The van der Waals surface area contributed by atoms with E-state index in [-0.39, 0.29) is 11.4 Å². The third kappa shape index (κ3) is 4.95. The van der Waals surface area contributed by atoms with Gasteiger partial charge in [-0.2, -0.15) is 0 Å². The summed E-state index contributed by atoms with van der Waals surface area (Å²) in [5, 5.41) is 0. The third-order valence-corrected chi connectivity index (χ3v) is 5.71. The molecule has 0 bridgehead atoms. The van der Waals surface area contributed by atoms with Crippen LogP contribution in [0.5, 0.6) is 0 Å². The predicted octanol–water partition coefficient (Wildman–Crippen LogP) is 3.80. The van der Waals surface area contributed by atoms with Crippen molar-refractivity contribution in [1.82, 2.24) is 0 Å². The van der Waals surface area contributed by atoms with Gasteiger partial charge in [0.15, 0.2) is 0 Å². The summed E-state index contributed by atoms with van der Waals surface area (Å²) >= 11 is 0. The maximum absolute atomic E-state index is 14.1. The first-order valence-corrected chi connectivity index (χ1v) is 10.3. The van der Waals surface area contributed by atoms with Gasteiger partial charge in [0.1, 0.15) is 5.82 Å². The lowest BCUT2D eigenvalue weighted by molar-refractivity contribution is 0.576. The Balaban J connectivity index is 1.70. The standard InChI is InChI=1S/C19H23FN2O2S/c20-18-10-9-17(22-12-5-2-6-13-22)15-19(18)21-25(23,24)14-11-16-7-3-1-4-8-16/h1,3-4,7-10,15,21H,2,5-6,11-14H2. The van der Waals surface area contributed by atoms with Gasteiger partial charge < -0.3 is 4.90 Å². The number of hydrogen-bond acceptors (Lipinski definition) is 3. The zero-order chi connectivity index (χ0) is 17.7. The molecule has 0 aliphatic carbocycles. The van der Waals surface area contributed by atoms with Crippen LogP contribution in [0, 0.1) is 5.82 Å². The summed E-state index contributed by atoms with van der Waals surface area (Å²) < 4.78 is 41.1. The Kier molecular flexibility index (Phi) is 5.58. The van der Waals surface area contributed by atoms with Crippen molar-refractivity contribution in [2.24, 2.45) is 0 Å². The lowest BCUT2D eigenvalue weighted by Crippen LogP contribution is -2.29. The zero-order valence-electron chi connectivity index (χ0n) is 14.1. The molecule has 6 heteroatoms. The Labute approximate surface area is 148 Å². The quantitative estimate of drug-likeness (QED) is 0.850. The van der Waals surface area contributed by atoms with Crippen LogP contribution >= 0.6 is 0 Å². The van der Waals surface area contributed by atoms with E-state index < -0.39 is 15.8 Å². The minimum atomic E-state index is -3.61. The minimum Gasteiger partial charge on any atom is -0.371 e. The molecule has 2 aromatic rings. The fourth-order valence-electron chi connectivity index (χ4n) is 3.06. The topological polar surface area (TPSA) is 49.4 Å². The first-order valence-electron chi connectivity index (χ1n) is 8.62. The van der Waals surface area contributed by atoms with E-state index in [1.807, 2.05) is 30.3 Å². The van der Waals surface area contributed by atoms with Crippen LogP contribution < -0.4 is 9.62 Å². The molecule has 3 rings (SSSR count). The van der Waals surface area contributed by atoms with Crippen LogP contribution in [-0.2, 0) is 16.4 Å². The lowest BCUT2D eigenvalue weighted by atomic mass is 10.1. The fraction of sp³-hybridized carbons (Fsp3) is 0.368. The van der Waals surface area contributed by atoms with Crippen molar-refractivity contribution in [3.05, 3.63) is 59.9 Å². The molecular formula is C19H23FN2O2S. The third-order valence-electron chi connectivity index (χ3n) is 4.44. The number of benzene rings is 2. The lowest BCUT2D eigenvalue weighted by Gasteiger charge is -2.29. The molecule has 0 spiro atoms. The molecule has 1 fully saturated rings. The Bertz CT molecular complexity index is 803. The van der Waals surface area contributed by atoms with Crippen molar-refractivity contribution in [1.29, 1.82) is 0 Å². The highest BCUT2D eigenvalue weighted by atomic mass is 32.2. The summed E-state index contributed by atoms with van der Waals surface area (Å²) in [6.07, 6.45) is 3.81. The van der Waals surface area contributed by atoms with Gasteiger partial charge >= 0.3 is 0 Å². The van der Waals surface area contributed by atoms with Crippen LogP contribution in [0.25, 0.3) is 0 Å². The Morgan fingerprint density at radius 1 is 1.00 bits per heavy atom. The molecule has 25 heavy (non-hydrogen) atoms. The normalized spacial score (nSPS) is 15.2. The van der Waals surface area contributed by atoms with E-state index in [1.165, 1.54) is 12.5 Å². The van der Waals surface area contributed by atoms with Gasteiger partial charge in [-0.3, -0.25) is 4.72 Å². The van der Waals surface area contributed by atoms with Crippen molar-refractivity contribution < 1.29 is 12.8 Å². The van der Waals surface area contributed by atoms with Crippen LogP contribution in [-0.4, -0.2) is 27.3 Å². The van der Waals surface area contributed by atoms with Gasteiger partial charge in [0.2, 0.25) is 10.0 Å². The second kappa shape index (κ2) is 7.87. The molecule has 4 nitrogen and oxygen atoms in total.